The Bertz CT molecular complexity index is 531. The Morgan fingerprint density at radius 1 is 1.57 bits per heavy atom. The van der Waals surface area contributed by atoms with Crippen molar-refractivity contribution in [2.45, 2.75) is 32.5 Å². The highest BCUT2D eigenvalue weighted by atomic mass is 19.1. The molecule has 116 valence electrons. The molecule has 2 heterocycles. The first-order valence-corrected chi connectivity index (χ1v) is 6.77. The molecule has 1 amide bonds. The topological polar surface area (TPSA) is 77.7 Å². The molecule has 0 bridgehead atoms. The molecule has 2 rings (SSSR count). The van der Waals surface area contributed by atoms with Crippen LogP contribution >= 0.6 is 0 Å². The van der Waals surface area contributed by atoms with E-state index in [4.69, 9.17) is 15.2 Å². The summed E-state index contributed by atoms with van der Waals surface area (Å²) in [6, 6.07) is 1.19. The van der Waals surface area contributed by atoms with Crippen LogP contribution in [0.25, 0.3) is 0 Å². The van der Waals surface area contributed by atoms with Gasteiger partial charge in [-0.15, -0.1) is 0 Å². The van der Waals surface area contributed by atoms with Gasteiger partial charge in [0, 0.05) is 12.6 Å². The molecule has 1 unspecified atom stereocenters. The highest BCUT2D eigenvalue weighted by Crippen LogP contribution is 2.24. The third-order valence-corrected chi connectivity index (χ3v) is 2.91. The molecule has 0 aliphatic carbocycles. The lowest BCUT2D eigenvalue weighted by Crippen LogP contribution is -2.45. The summed E-state index contributed by atoms with van der Waals surface area (Å²) in [5, 5.41) is 0. The fourth-order valence-electron chi connectivity index (χ4n) is 2.01. The highest BCUT2D eigenvalue weighted by Gasteiger charge is 2.30. The van der Waals surface area contributed by atoms with E-state index in [1.165, 1.54) is 17.2 Å². The smallest absolute Gasteiger partial charge is 0.410 e. The molecule has 0 spiro atoms. The number of nitrogens with two attached hydrogens (primary N) is 1. The molecule has 6 nitrogen and oxygen atoms in total. The molecule has 1 aromatic rings. The van der Waals surface area contributed by atoms with E-state index in [-0.39, 0.29) is 17.9 Å². The monoisotopic (exact) mass is 297 g/mol. The van der Waals surface area contributed by atoms with Crippen LogP contribution in [0.4, 0.5) is 14.9 Å². The molecule has 7 heteroatoms. The SMILES string of the molecule is CC(C)(C)OC(=O)N1CCOC(c2ncc(N)cc2F)C1. The second-order valence-corrected chi connectivity index (χ2v) is 5.92. The van der Waals surface area contributed by atoms with Gasteiger partial charge < -0.3 is 20.1 Å². The largest absolute Gasteiger partial charge is 0.444 e. The third kappa shape index (κ3) is 4.04. The standard InChI is InChI=1S/C14H20FN3O3/c1-14(2,3)21-13(19)18-4-5-20-11(8-18)12-10(15)6-9(16)7-17-12/h6-7,11H,4-5,8,16H2,1-3H3. The molecular weight excluding hydrogens is 277 g/mol. The summed E-state index contributed by atoms with van der Waals surface area (Å²) in [5.41, 5.74) is 5.30. The number of carbonyl (C=O) groups excluding carboxylic acids is 1. The number of ether oxygens (including phenoxy) is 2. The van der Waals surface area contributed by atoms with Crippen LogP contribution in [0, 0.1) is 5.82 Å². The van der Waals surface area contributed by atoms with Gasteiger partial charge in [-0.3, -0.25) is 4.98 Å². The summed E-state index contributed by atoms with van der Waals surface area (Å²) in [5.74, 6) is -0.536. The lowest BCUT2D eigenvalue weighted by molar-refractivity contribution is -0.0459. The normalized spacial score (nSPS) is 19.4. The lowest BCUT2D eigenvalue weighted by Gasteiger charge is -2.34. The minimum absolute atomic E-state index is 0.150. The molecule has 0 aromatic carbocycles. The van der Waals surface area contributed by atoms with Crippen LogP contribution in [0.2, 0.25) is 0 Å². The number of rotatable bonds is 1. The number of halogens is 1. The van der Waals surface area contributed by atoms with Gasteiger partial charge in [0.1, 0.15) is 23.2 Å². The Morgan fingerprint density at radius 2 is 2.29 bits per heavy atom. The number of nitrogens with zero attached hydrogens (tertiary/aromatic N) is 2. The minimum Gasteiger partial charge on any atom is -0.444 e. The third-order valence-electron chi connectivity index (χ3n) is 2.91. The second-order valence-electron chi connectivity index (χ2n) is 5.92. The summed E-state index contributed by atoms with van der Waals surface area (Å²) >= 11 is 0. The average molecular weight is 297 g/mol. The van der Waals surface area contributed by atoms with E-state index >= 15 is 0 Å². The van der Waals surface area contributed by atoms with E-state index in [1.807, 2.05) is 0 Å². The number of hydrogen-bond donors (Lipinski definition) is 1. The number of morpholine rings is 1. The first kappa shape index (κ1) is 15.5. The van der Waals surface area contributed by atoms with Crippen LogP contribution in [0.3, 0.4) is 0 Å². The fourth-order valence-corrected chi connectivity index (χ4v) is 2.01. The summed E-state index contributed by atoms with van der Waals surface area (Å²) < 4.78 is 24.7. The van der Waals surface area contributed by atoms with Crippen LogP contribution in [0.5, 0.6) is 0 Å². The van der Waals surface area contributed by atoms with Crippen LogP contribution < -0.4 is 5.73 Å². The second kappa shape index (κ2) is 5.85. The summed E-state index contributed by atoms with van der Waals surface area (Å²) in [7, 11) is 0. The van der Waals surface area contributed by atoms with Crippen molar-refractivity contribution in [2.24, 2.45) is 0 Å². The van der Waals surface area contributed by atoms with Gasteiger partial charge in [-0.05, 0) is 20.8 Å². The number of hydrogen-bond acceptors (Lipinski definition) is 5. The molecule has 0 saturated carbocycles. The maximum atomic E-state index is 13.9. The Kier molecular flexibility index (Phi) is 4.32. The van der Waals surface area contributed by atoms with Crippen molar-refractivity contribution in [1.82, 2.24) is 9.88 Å². The van der Waals surface area contributed by atoms with E-state index in [9.17, 15) is 9.18 Å². The van der Waals surface area contributed by atoms with Crippen LogP contribution in [0.15, 0.2) is 12.3 Å². The maximum Gasteiger partial charge on any atom is 0.410 e. The predicted molar refractivity (Wildman–Crippen MR) is 75.1 cm³/mol. The summed E-state index contributed by atoms with van der Waals surface area (Å²) in [6.07, 6.45) is 0.312. The molecule has 21 heavy (non-hydrogen) atoms. The predicted octanol–water partition coefficient (Wildman–Crippen LogP) is 2.11. The van der Waals surface area contributed by atoms with Crippen molar-refractivity contribution in [3.63, 3.8) is 0 Å². The van der Waals surface area contributed by atoms with Gasteiger partial charge in [0.25, 0.3) is 0 Å². The Labute approximate surface area is 123 Å². The van der Waals surface area contributed by atoms with Gasteiger partial charge >= 0.3 is 6.09 Å². The number of aromatic nitrogens is 1. The number of carbonyl (C=O) groups is 1. The van der Waals surface area contributed by atoms with Crippen LogP contribution in [-0.4, -0.2) is 41.3 Å². The van der Waals surface area contributed by atoms with Crippen molar-refractivity contribution in [2.75, 3.05) is 25.4 Å². The maximum absolute atomic E-state index is 13.9. The fraction of sp³-hybridized carbons (Fsp3) is 0.571. The van der Waals surface area contributed by atoms with E-state index in [1.54, 1.807) is 20.8 Å². The van der Waals surface area contributed by atoms with Gasteiger partial charge in [-0.1, -0.05) is 0 Å². The van der Waals surface area contributed by atoms with Crippen LogP contribution in [-0.2, 0) is 9.47 Å². The molecule has 1 aliphatic heterocycles. The first-order valence-electron chi connectivity index (χ1n) is 6.77. The van der Waals surface area contributed by atoms with Gasteiger partial charge in [0.2, 0.25) is 0 Å². The van der Waals surface area contributed by atoms with Gasteiger partial charge in [-0.25, -0.2) is 9.18 Å². The lowest BCUT2D eigenvalue weighted by atomic mass is 10.1. The zero-order valence-electron chi connectivity index (χ0n) is 12.4. The summed E-state index contributed by atoms with van der Waals surface area (Å²) in [4.78, 5) is 17.5. The quantitative estimate of drug-likeness (QED) is 0.859. The van der Waals surface area contributed by atoms with Gasteiger partial charge in [0.15, 0.2) is 0 Å². The van der Waals surface area contributed by atoms with E-state index < -0.39 is 23.6 Å². The van der Waals surface area contributed by atoms with Crippen molar-refractivity contribution in [1.29, 1.82) is 0 Å². The molecular formula is C14H20FN3O3. The highest BCUT2D eigenvalue weighted by molar-refractivity contribution is 5.68. The van der Waals surface area contributed by atoms with E-state index in [0.29, 0.717) is 13.2 Å². The minimum atomic E-state index is -0.619. The van der Waals surface area contributed by atoms with Crippen molar-refractivity contribution in [3.8, 4) is 0 Å². The molecule has 2 N–H and O–H groups in total. The number of pyridine rings is 1. The first-order chi connectivity index (χ1) is 9.76. The van der Waals surface area contributed by atoms with E-state index in [0.717, 1.165) is 0 Å². The Morgan fingerprint density at radius 3 is 2.90 bits per heavy atom. The van der Waals surface area contributed by atoms with Gasteiger partial charge in [-0.2, -0.15) is 0 Å². The Balaban J connectivity index is 2.08. The van der Waals surface area contributed by atoms with E-state index in [2.05, 4.69) is 4.98 Å². The molecule has 1 saturated heterocycles. The molecule has 1 aromatic heterocycles. The van der Waals surface area contributed by atoms with Gasteiger partial charge in [0.05, 0.1) is 25.0 Å². The molecule has 1 atom stereocenters. The number of nitrogen functional groups attached to an aromatic ring is 1. The zero-order chi connectivity index (χ0) is 15.6. The van der Waals surface area contributed by atoms with Crippen molar-refractivity contribution >= 4 is 11.8 Å². The van der Waals surface area contributed by atoms with Crippen molar-refractivity contribution < 1.29 is 18.7 Å². The molecule has 1 fully saturated rings. The van der Waals surface area contributed by atoms with Crippen LogP contribution in [0.1, 0.15) is 32.6 Å². The number of amides is 1. The summed E-state index contributed by atoms with van der Waals surface area (Å²) in [6.45, 7) is 6.29. The molecule has 0 radical (unpaired) electrons. The van der Waals surface area contributed by atoms with Crippen molar-refractivity contribution in [3.05, 3.63) is 23.8 Å². The average Bonchev–Trinajstić information content (AvgIpc) is 2.37. The number of anilines is 1. The molecule has 1 aliphatic rings. The zero-order valence-corrected chi connectivity index (χ0v) is 12.4. The Hall–Kier alpha value is -1.89.